The minimum absolute atomic E-state index is 0.0443. The fourth-order valence-electron chi connectivity index (χ4n) is 2.43. The summed E-state index contributed by atoms with van der Waals surface area (Å²) in [6.45, 7) is 3.65. The Hall–Kier alpha value is -3.01. The van der Waals surface area contributed by atoms with Crippen molar-refractivity contribution in [3.63, 3.8) is 0 Å². The summed E-state index contributed by atoms with van der Waals surface area (Å²) in [5, 5.41) is 11.3. The van der Waals surface area contributed by atoms with Crippen molar-refractivity contribution in [3.8, 4) is 11.8 Å². The maximum atomic E-state index is 12.3. The number of nitrogens with one attached hydrogen (secondary N) is 1. The molecule has 0 fully saturated rings. The van der Waals surface area contributed by atoms with Crippen LogP contribution < -0.4 is 10.1 Å². The standard InChI is InChI=1S/C17H19N3O4/c1-4-23-16(21)14-11(2)20(3)17(22)19-15(14)12-5-7-13(8-6-12)24-10-9-18/h5-8,15H,4,10H2,1-3H3,(H,19,22)/t15-/m1/s1. The first-order valence-corrected chi connectivity index (χ1v) is 7.51. The van der Waals surface area contributed by atoms with E-state index in [4.69, 9.17) is 14.7 Å². The monoisotopic (exact) mass is 329 g/mol. The van der Waals surface area contributed by atoms with E-state index in [1.807, 2.05) is 6.07 Å². The van der Waals surface area contributed by atoms with E-state index in [1.165, 1.54) is 4.90 Å². The van der Waals surface area contributed by atoms with Crippen LogP contribution in [0.5, 0.6) is 5.75 Å². The summed E-state index contributed by atoms with van der Waals surface area (Å²) >= 11 is 0. The van der Waals surface area contributed by atoms with E-state index >= 15 is 0 Å². The van der Waals surface area contributed by atoms with Crippen molar-refractivity contribution < 1.29 is 19.1 Å². The summed E-state index contributed by atoms with van der Waals surface area (Å²) in [6, 6.07) is 7.87. The van der Waals surface area contributed by atoms with E-state index in [-0.39, 0.29) is 19.2 Å². The lowest BCUT2D eigenvalue weighted by molar-refractivity contribution is -0.139. The Morgan fingerprint density at radius 2 is 2.04 bits per heavy atom. The number of carbonyl (C=O) groups excluding carboxylic acids is 2. The lowest BCUT2D eigenvalue weighted by Gasteiger charge is -2.33. The topological polar surface area (TPSA) is 91.7 Å². The second kappa shape index (κ2) is 7.51. The minimum Gasteiger partial charge on any atom is -0.479 e. The van der Waals surface area contributed by atoms with Crippen molar-refractivity contribution in [2.24, 2.45) is 0 Å². The Bertz CT molecular complexity index is 704. The maximum absolute atomic E-state index is 12.3. The molecule has 0 spiro atoms. The van der Waals surface area contributed by atoms with E-state index in [1.54, 1.807) is 45.2 Å². The molecule has 1 heterocycles. The van der Waals surface area contributed by atoms with Gasteiger partial charge in [-0.25, -0.2) is 9.59 Å². The Kier molecular flexibility index (Phi) is 5.42. The van der Waals surface area contributed by atoms with E-state index in [2.05, 4.69) is 5.32 Å². The molecule has 0 aromatic heterocycles. The van der Waals surface area contributed by atoms with Gasteiger partial charge >= 0.3 is 12.0 Å². The van der Waals surface area contributed by atoms with Gasteiger partial charge in [0, 0.05) is 12.7 Å². The summed E-state index contributed by atoms with van der Waals surface area (Å²) in [5.74, 6) is 0.0783. The summed E-state index contributed by atoms with van der Waals surface area (Å²) in [6.07, 6.45) is 0. The Morgan fingerprint density at radius 1 is 1.38 bits per heavy atom. The van der Waals surface area contributed by atoms with Gasteiger partial charge in [-0.2, -0.15) is 5.26 Å². The highest BCUT2D eigenvalue weighted by molar-refractivity contribution is 5.94. The second-order valence-corrected chi connectivity index (χ2v) is 5.18. The average molecular weight is 329 g/mol. The van der Waals surface area contributed by atoms with Crippen LogP contribution in [0.15, 0.2) is 35.5 Å². The van der Waals surface area contributed by atoms with Crippen molar-refractivity contribution in [2.45, 2.75) is 19.9 Å². The van der Waals surface area contributed by atoms with Crippen LogP contribution in [0.25, 0.3) is 0 Å². The molecule has 0 aliphatic carbocycles. The molecule has 1 aliphatic rings. The zero-order chi connectivity index (χ0) is 17.7. The number of urea groups is 1. The molecule has 0 unspecified atom stereocenters. The molecule has 0 radical (unpaired) electrons. The number of hydrogen-bond donors (Lipinski definition) is 1. The van der Waals surface area contributed by atoms with Gasteiger partial charge in [-0.1, -0.05) is 12.1 Å². The zero-order valence-electron chi connectivity index (χ0n) is 13.8. The number of carbonyl (C=O) groups is 2. The smallest absolute Gasteiger partial charge is 0.338 e. The molecule has 0 bridgehead atoms. The SMILES string of the molecule is CCOC(=O)C1=C(C)N(C)C(=O)N[C@@H]1c1ccc(OCC#N)cc1. The highest BCUT2D eigenvalue weighted by Crippen LogP contribution is 2.31. The third-order valence-electron chi connectivity index (χ3n) is 3.77. The number of amides is 2. The first-order valence-electron chi connectivity index (χ1n) is 7.51. The molecule has 24 heavy (non-hydrogen) atoms. The number of benzene rings is 1. The van der Waals surface area contributed by atoms with Crippen LogP contribution in [0.3, 0.4) is 0 Å². The molecule has 1 aromatic rings. The molecule has 0 saturated heterocycles. The van der Waals surface area contributed by atoms with E-state index in [0.29, 0.717) is 17.0 Å². The van der Waals surface area contributed by atoms with Crippen LogP contribution in [-0.2, 0) is 9.53 Å². The third kappa shape index (κ3) is 3.49. The molecular formula is C17H19N3O4. The molecular weight excluding hydrogens is 310 g/mol. The van der Waals surface area contributed by atoms with Crippen LogP contribution >= 0.6 is 0 Å². The van der Waals surface area contributed by atoms with Crippen molar-refractivity contribution in [1.82, 2.24) is 10.2 Å². The van der Waals surface area contributed by atoms with Crippen LogP contribution in [-0.4, -0.2) is 37.2 Å². The van der Waals surface area contributed by atoms with Crippen molar-refractivity contribution in [2.75, 3.05) is 20.3 Å². The quantitative estimate of drug-likeness (QED) is 0.836. The van der Waals surface area contributed by atoms with Gasteiger partial charge in [0.1, 0.15) is 11.8 Å². The van der Waals surface area contributed by atoms with Crippen molar-refractivity contribution in [1.29, 1.82) is 5.26 Å². The third-order valence-corrected chi connectivity index (χ3v) is 3.77. The van der Waals surface area contributed by atoms with Gasteiger partial charge in [0.25, 0.3) is 0 Å². The second-order valence-electron chi connectivity index (χ2n) is 5.18. The largest absolute Gasteiger partial charge is 0.479 e. The number of nitrogens with zero attached hydrogens (tertiary/aromatic N) is 2. The van der Waals surface area contributed by atoms with Crippen molar-refractivity contribution in [3.05, 3.63) is 41.1 Å². The molecule has 1 atom stereocenters. The lowest BCUT2D eigenvalue weighted by Crippen LogP contribution is -2.46. The normalized spacial score (nSPS) is 17.2. The summed E-state index contributed by atoms with van der Waals surface area (Å²) < 4.78 is 10.3. The van der Waals surface area contributed by atoms with E-state index < -0.39 is 12.0 Å². The molecule has 1 aliphatic heterocycles. The van der Waals surface area contributed by atoms with Gasteiger partial charge in [0.15, 0.2) is 6.61 Å². The Morgan fingerprint density at radius 3 is 2.62 bits per heavy atom. The van der Waals surface area contributed by atoms with Gasteiger partial charge in [-0.15, -0.1) is 0 Å². The van der Waals surface area contributed by atoms with E-state index in [0.717, 1.165) is 5.56 Å². The molecule has 0 saturated carbocycles. The summed E-state index contributed by atoms with van der Waals surface area (Å²) in [7, 11) is 1.60. The molecule has 1 aromatic carbocycles. The predicted octanol–water partition coefficient (Wildman–Crippen LogP) is 2.12. The number of hydrogen-bond acceptors (Lipinski definition) is 5. The first-order chi connectivity index (χ1) is 11.5. The molecule has 7 heteroatoms. The van der Waals surface area contributed by atoms with Gasteiger partial charge < -0.3 is 19.7 Å². The first kappa shape index (κ1) is 17.3. The van der Waals surface area contributed by atoms with Crippen LogP contribution in [0.2, 0.25) is 0 Å². The van der Waals surface area contributed by atoms with Gasteiger partial charge in [0.2, 0.25) is 0 Å². The zero-order valence-corrected chi connectivity index (χ0v) is 13.8. The number of nitriles is 1. The van der Waals surface area contributed by atoms with Gasteiger partial charge in [-0.3, -0.25) is 0 Å². The minimum atomic E-state index is -0.599. The molecule has 1 N–H and O–H groups in total. The fourth-order valence-corrected chi connectivity index (χ4v) is 2.43. The average Bonchev–Trinajstić information content (AvgIpc) is 2.58. The van der Waals surface area contributed by atoms with Gasteiger partial charge in [-0.05, 0) is 31.5 Å². The predicted molar refractivity (Wildman–Crippen MR) is 85.9 cm³/mol. The molecule has 2 rings (SSSR count). The Labute approximate surface area is 140 Å². The van der Waals surface area contributed by atoms with Crippen LogP contribution in [0.1, 0.15) is 25.5 Å². The number of rotatable bonds is 5. The van der Waals surface area contributed by atoms with Crippen LogP contribution in [0, 0.1) is 11.3 Å². The Balaban J connectivity index is 2.36. The summed E-state index contributed by atoms with van der Waals surface area (Å²) in [5.41, 5.74) is 1.67. The highest BCUT2D eigenvalue weighted by Gasteiger charge is 2.34. The molecule has 126 valence electrons. The highest BCUT2D eigenvalue weighted by atomic mass is 16.5. The number of esters is 1. The number of allylic oxidation sites excluding steroid dienone is 1. The van der Waals surface area contributed by atoms with Crippen LogP contribution in [0.4, 0.5) is 4.79 Å². The molecule has 7 nitrogen and oxygen atoms in total. The number of ether oxygens (including phenoxy) is 2. The van der Waals surface area contributed by atoms with Crippen molar-refractivity contribution >= 4 is 12.0 Å². The van der Waals surface area contributed by atoms with Gasteiger partial charge in [0.05, 0.1) is 18.2 Å². The molecule has 2 amide bonds. The van der Waals surface area contributed by atoms with E-state index in [9.17, 15) is 9.59 Å². The maximum Gasteiger partial charge on any atom is 0.338 e. The lowest BCUT2D eigenvalue weighted by atomic mass is 9.95. The fraction of sp³-hybridized carbons (Fsp3) is 0.353. The summed E-state index contributed by atoms with van der Waals surface area (Å²) in [4.78, 5) is 25.8.